The summed E-state index contributed by atoms with van der Waals surface area (Å²) in [5.41, 5.74) is 2.09. The highest BCUT2D eigenvalue weighted by Gasteiger charge is 2.29. The average Bonchev–Trinajstić information content (AvgIpc) is 2.60. The minimum atomic E-state index is -3.19. The number of rotatable bonds is 5. The summed E-state index contributed by atoms with van der Waals surface area (Å²) in [7, 11) is 0. The quantitative estimate of drug-likeness (QED) is 0.673. The number of hydrogen-bond acceptors (Lipinski definition) is 7. The van der Waals surface area contributed by atoms with Crippen LogP contribution in [0.1, 0.15) is 31.1 Å². The fourth-order valence-electron chi connectivity index (χ4n) is 2.53. The molecule has 0 atom stereocenters. The maximum Gasteiger partial charge on any atom is 0.303 e. The van der Waals surface area contributed by atoms with Crippen molar-refractivity contribution in [3.8, 4) is 11.4 Å². The van der Waals surface area contributed by atoms with Crippen molar-refractivity contribution in [1.29, 1.82) is 0 Å². The Morgan fingerprint density at radius 1 is 1.03 bits per heavy atom. The van der Waals surface area contributed by atoms with E-state index in [0.29, 0.717) is 22.8 Å². The molecule has 0 radical (unpaired) electrons. The van der Waals surface area contributed by atoms with Gasteiger partial charge in [0.05, 0.1) is 11.3 Å². The van der Waals surface area contributed by atoms with Crippen LogP contribution < -0.4 is 10.6 Å². The van der Waals surface area contributed by atoms with Crippen molar-refractivity contribution >= 4 is 23.2 Å². The van der Waals surface area contributed by atoms with Gasteiger partial charge >= 0.3 is 5.92 Å². The predicted molar refractivity (Wildman–Crippen MR) is 104 cm³/mol. The molecule has 3 aromatic rings. The number of halogens is 2. The van der Waals surface area contributed by atoms with Crippen molar-refractivity contribution in [2.75, 3.05) is 10.6 Å². The maximum atomic E-state index is 13.7. The fourth-order valence-corrected chi connectivity index (χ4v) is 2.53. The number of nitrogens with one attached hydrogen (secondary N) is 2. The molecule has 8 nitrogen and oxygen atoms in total. The van der Waals surface area contributed by atoms with Crippen LogP contribution in [0.25, 0.3) is 11.4 Å². The van der Waals surface area contributed by atoms with Gasteiger partial charge in [0.25, 0.3) is 0 Å². The van der Waals surface area contributed by atoms with E-state index in [4.69, 9.17) is 0 Å². The van der Waals surface area contributed by atoms with Crippen LogP contribution in [0, 0.1) is 13.8 Å². The smallest absolute Gasteiger partial charge is 0.303 e. The molecule has 2 N–H and O–H groups in total. The van der Waals surface area contributed by atoms with Crippen LogP contribution in [-0.4, -0.2) is 30.8 Å². The fraction of sp³-hybridized carbons (Fsp3) is 0.263. The summed E-state index contributed by atoms with van der Waals surface area (Å²) < 4.78 is 27.4. The number of carbonyl (C=O) groups excluding carboxylic acids is 1. The summed E-state index contributed by atoms with van der Waals surface area (Å²) in [6.45, 7) is 5.51. The van der Waals surface area contributed by atoms with Gasteiger partial charge in [-0.3, -0.25) is 4.79 Å². The molecule has 0 bridgehead atoms. The first kappa shape index (κ1) is 20.2. The zero-order chi connectivity index (χ0) is 21.2. The lowest BCUT2D eigenvalue weighted by atomic mass is 10.2. The zero-order valence-corrected chi connectivity index (χ0v) is 16.3. The van der Waals surface area contributed by atoms with Gasteiger partial charge in [-0.05, 0) is 19.9 Å². The number of amides is 1. The number of nitrogens with zero attached hydrogens (tertiary/aromatic N) is 5. The molecule has 3 heterocycles. The van der Waals surface area contributed by atoms with E-state index in [2.05, 4.69) is 35.6 Å². The largest absolute Gasteiger partial charge is 0.339 e. The standard InChI is InChI=1S/C19H19F2N7O/c1-10-5-6-22-17(24-10)13-9-23-15(26-12(3)29)8-14(13)27-16-7-11(2)25-18(28-16)19(4,20)21/h5-9H,1-4H3,(H2,23,25,26,27,28,29). The molecule has 0 fully saturated rings. The van der Waals surface area contributed by atoms with E-state index in [-0.39, 0.29) is 17.5 Å². The van der Waals surface area contributed by atoms with Crippen LogP contribution >= 0.6 is 0 Å². The van der Waals surface area contributed by atoms with Gasteiger partial charge in [-0.25, -0.2) is 24.9 Å². The second kappa shape index (κ2) is 7.82. The Labute approximate surface area is 165 Å². The van der Waals surface area contributed by atoms with Gasteiger partial charge < -0.3 is 10.6 Å². The van der Waals surface area contributed by atoms with Gasteiger partial charge in [0.2, 0.25) is 11.7 Å². The van der Waals surface area contributed by atoms with Crippen LogP contribution in [-0.2, 0) is 10.7 Å². The Kier molecular flexibility index (Phi) is 5.44. The average molecular weight is 399 g/mol. The molecule has 0 unspecified atom stereocenters. The molecule has 0 saturated carbocycles. The highest BCUT2D eigenvalue weighted by Crippen LogP contribution is 2.31. The zero-order valence-electron chi connectivity index (χ0n) is 16.3. The van der Waals surface area contributed by atoms with Crippen molar-refractivity contribution in [2.24, 2.45) is 0 Å². The second-order valence-electron chi connectivity index (χ2n) is 6.55. The lowest BCUT2D eigenvalue weighted by molar-refractivity contribution is -0.114. The van der Waals surface area contributed by atoms with Crippen LogP contribution in [0.3, 0.4) is 0 Å². The lowest BCUT2D eigenvalue weighted by Crippen LogP contribution is -2.14. The number of hydrogen-bond donors (Lipinski definition) is 2. The summed E-state index contributed by atoms with van der Waals surface area (Å²) >= 11 is 0. The maximum absolute atomic E-state index is 13.7. The molecule has 3 rings (SSSR count). The SMILES string of the molecule is CC(=O)Nc1cc(Nc2cc(C)nc(C(C)(F)F)n2)c(-c2nccc(C)n2)cn1. The number of alkyl halides is 2. The summed E-state index contributed by atoms with van der Waals surface area (Å²) in [6, 6.07) is 4.84. The Balaban J connectivity index is 2.09. The third-order valence-electron chi connectivity index (χ3n) is 3.75. The molecule has 0 aliphatic rings. The van der Waals surface area contributed by atoms with E-state index in [1.807, 2.05) is 6.92 Å². The van der Waals surface area contributed by atoms with E-state index in [1.165, 1.54) is 19.2 Å². The first-order valence-corrected chi connectivity index (χ1v) is 8.70. The first-order valence-electron chi connectivity index (χ1n) is 8.70. The van der Waals surface area contributed by atoms with E-state index in [0.717, 1.165) is 12.6 Å². The molecule has 0 aromatic carbocycles. The predicted octanol–water partition coefficient (Wildman–Crippen LogP) is 3.76. The summed E-state index contributed by atoms with van der Waals surface area (Å²) in [5.74, 6) is -3.24. The Bertz CT molecular complexity index is 1070. The molecule has 0 saturated heterocycles. The van der Waals surface area contributed by atoms with Crippen molar-refractivity contribution < 1.29 is 13.6 Å². The molecule has 29 heavy (non-hydrogen) atoms. The number of pyridine rings is 1. The van der Waals surface area contributed by atoms with E-state index in [1.54, 1.807) is 25.3 Å². The van der Waals surface area contributed by atoms with Gasteiger partial charge in [-0.1, -0.05) is 0 Å². The minimum Gasteiger partial charge on any atom is -0.339 e. The molecule has 0 aliphatic carbocycles. The number of carbonyl (C=O) groups is 1. The van der Waals surface area contributed by atoms with Crippen LogP contribution in [0.15, 0.2) is 30.6 Å². The topological polar surface area (TPSA) is 106 Å². The molecule has 1 amide bonds. The van der Waals surface area contributed by atoms with E-state index >= 15 is 0 Å². The Hall–Kier alpha value is -3.56. The van der Waals surface area contributed by atoms with Crippen molar-refractivity contribution in [3.05, 3.63) is 47.8 Å². The van der Waals surface area contributed by atoms with Crippen LogP contribution in [0.4, 0.5) is 26.1 Å². The normalized spacial score (nSPS) is 11.2. The Morgan fingerprint density at radius 3 is 2.45 bits per heavy atom. The highest BCUT2D eigenvalue weighted by atomic mass is 19.3. The third-order valence-corrected chi connectivity index (χ3v) is 3.75. The van der Waals surface area contributed by atoms with Gasteiger partial charge in [0, 0.05) is 49.8 Å². The van der Waals surface area contributed by atoms with Gasteiger partial charge in [-0.2, -0.15) is 8.78 Å². The monoisotopic (exact) mass is 399 g/mol. The summed E-state index contributed by atoms with van der Waals surface area (Å²) in [6.07, 6.45) is 3.10. The highest BCUT2D eigenvalue weighted by molar-refractivity contribution is 5.89. The van der Waals surface area contributed by atoms with Gasteiger partial charge in [0.1, 0.15) is 11.6 Å². The van der Waals surface area contributed by atoms with Crippen molar-refractivity contribution in [3.63, 3.8) is 0 Å². The third kappa shape index (κ3) is 5.03. The van der Waals surface area contributed by atoms with E-state index < -0.39 is 11.7 Å². The van der Waals surface area contributed by atoms with Gasteiger partial charge in [-0.15, -0.1) is 0 Å². The number of anilines is 3. The Morgan fingerprint density at radius 2 is 1.79 bits per heavy atom. The molecule has 10 heteroatoms. The lowest BCUT2D eigenvalue weighted by Gasteiger charge is -2.15. The number of aryl methyl sites for hydroxylation is 2. The number of aromatic nitrogens is 5. The summed E-state index contributed by atoms with van der Waals surface area (Å²) in [4.78, 5) is 31.9. The van der Waals surface area contributed by atoms with Crippen molar-refractivity contribution in [1.82, 2.24) is 24.9 Å². The first-order chi connectivity index (χ1) is 13.6. The summed E-state index contributed by atoms with van der Waals surface area (Å²) in [5, 5.41) is 5.59. The molecule has 0 spiro atoms. The molecule has 3 aromatic heterocycles. The second-order valence-corrected chi connectivity index (χ2v) is 6.55. The van der Waals surface area contributed by atoms with Crippen LogP contribution in [0.5, 0.6) is 0 Å². The van der Waals surface area contributed by atoms with E-state index in [9.17, 15) is 13.6 Å². The molecule has 0 aliphatic heterocycles. The molecular weight excluding hydrogens is 380 g/mol. The minimum absolute atomic E-state index is 0.169. The van der Waals surface area contributed by atoms with Crippen molar-refractivity contribution in [2.45, 2.75) is 33.6 Å². The van der Waals surface area contributed by atoms with Crippen LogP contribution in [0.2, 0.25) is 0 Å². The molecule has 150 valence electrons. The van der Waals surface area contributed by atoms with Gasteiger partial charge in [0.15, 0.2) is 5.82 Å². The molecular formula is C19H19F2N7O.